The van der Waals surface area contributed by atoms with Gasteiger partial charge in [-0.05, 0) is 36.4 Å². The second kappa shape index (κ2) is 9.22. The molecular weight excluding hydrogens is 400 g/mol. The number of rotatable bonds is 6. The summed E-state index contributed by atoms with van der Waals surface area (Å²) in [5.74, 6) is 0.595. The van der Waals surface area contributed by atoms with E-state index in [1.165, 1.54) is 0 Å². The summed E-state index contributed by atoms with van der Waals surface area (Å²) < 4.78 is 1.57. The van der Waals surface area contributed by atoms with Gasteiger partial charge in [-0.1, -0.05) is 62.4 Å². The van der Waals surface area contributed by atoms with Gasteiger partial charge >= 0.3 is 6.03 Å². The fraction of sp³-hybridized carbons (Fsp3) is 0.269. The van der Waals surface area contributed by atoms with Crippen LogP contribution in [0.4, 0.5) is 10.5 Å². The van der Waals surface area contributed by atoms with Crippen molar-refractivity contribution < 1.29 is 4.79 Å². The van der Waals surface area contributed by atoms with E-state index >= 15 is 0 Å². The highest BCUT2D eigenvalue weighted by Crippen LogP contribution is 2.27. The van der Waals surface area contributed by atoms with E-state index in [0.717, 1.165) is 22.9 Å². The average molecular weight is 429 g/mol. The number of hydrogen-bond acceptors (Lipinski definition) is 3. The maximum Gasteiger partial charge on any atom is 0.322 e. The Morgan fingerprint density at radius 3 is 2.44 bits per heavy atom. The number of nitrogens with zero attached hydrogens (tertiary/aromatic N) is 3. The van der Waals surface area contributed by atoms with Crippen LogP contribution < -0.4 is 10.9 Å². The van der Waals surface area contributed by atoms with Crippen molar-refractivity contribution >= 4 is 33.4 Å². The number of carbonyl (C=O) groups excluding carboxylic acids is 1. The quantitative estimate of drug-likeness (QED) is 0.442. The lowest BCUT2D eigenvalue weighted by molar-refractivity contribution is 0.180. The van der Waals surface area contributed by atoms with Crippen molar-refractivity contribution in [1.82, 2.24) is 14.5 Å². The van der Waals surface area contributed by atoms with Gasteiger partial charge in [-0.25, -0.2) is 9.78 Å². The van der Waals surface area contributed by atoms with E-state index in [2.05, 4.69) is 5.32 Å². The van der Waals surface area contributed by atoms with Crippen LogP contribution in [0, 0.1) is 0 Å². The number of urea groups is 1. The SMILES string of the molecule is CCCN(C(=O)Nc1cccc2ccccc12)C(CC)c1nc2ccccc2c(=O)n1C. The lowest BCUT2D eigenvalue weighted by Gasteiger charge is -2.31. The largest absolute Gasteiger partial charge is 0.322 e. The van der Waals surface area contributed by atoms with Crippen molar-refractivity contribution in [3.63, 3.8) is 0 Å². The highest BCUT2D eigenvalue weighted by Gasteiger charge is 2.27. The van der Waals surface area contributed by atoms with Crippen LogP contribution in [0.15, 0.2) is 71.5 Å². The third-order valence-electron chi connectivity index (χ3n) is 5.84. The molecule has 6 nitrogen and oxygen atoms in total. The Labute approximate surface area is 187 Å². The average Bonchev–Trinajstić information content (AvgIpc) is 2.82. The van der Waals surface area contributed by atoms with E-state index in [1.807, 2.05) is 74.5 Å². The standard InChI is InChI=1S/C26H28N4O2/c1-4-17-30(26(32)28-21-16-10-12-18-11-6-7-13-19(18)21)23(5-2)24-27-22-15-9-8-14-20(22)25(31)29(24)3/h6-16,23H,4-5,17H2,1-3H3,(H,28,32). The molecule has 1 atom stereocenters. The molecule has 0 saturated heterocycles. The lowest BCUT2D eigenvalue weighted by atomic mass is 10.1. The second-order valence-electron chi connectivity index (χ2n) is 7.93. The van der Waals surface area contributed by atoms with Gasteiger partial charge in [0.25, 0.3) is 5.56 Å². The van der Waals surface area contributed by atoms with Gasteiger partial charge < -0.3 is 10.2 Å². The molecular formula is C26H28N4O2. The van der Waals surface area contributed by atoms with Gasteiger partial charge in [0.2, 0.25) is 0 Å². The number of aromatic nitrogens is 2. The number of nitrogens with one attached hydrogen (secondary N) is 1. The number of carbonyl (C=O) groups is 1. The van der Waals surface area contributed by atoms with Crippen molar-refractivity contribution in [2.45, 2.75) is 32.7 Å². The van der Waals surface area contributed by atoms with Crippen molar-refractivity contribution in [3.8, 4) is 0 Å². The van der Waals surface area contributed by atoms with Crippen molar-refractivity contribution in [3.05, 3.63) is 82.9 Å². The van der Waals surface area contributed by atoms with Gasteiger partial charge in [-0.15, -0.1) is 0 Å². The third kappa shape index (κ3) is 3.96. The molecule has 3 aromatic carbocycles. The van der Waals surface area contributed by atoms with Crippen LogP contribution in [-0.2, 0) is 7.05 Å². The topological polar surface area (TPSA) is 67.2 Å². The van der Waals surface area contributed by atoms with Gasteiger partial charge in [-0.2, -0.15) is 0 Å². The zero-order valence-electron chi connectivity index (χ0n) is 18.7. The molecule has 0 aliphatic rings. The molecule has 1 heterocycles. The van der Waals surface area contributed by atoms with Crippen molar-refractivity contribution in [1.29, 1.82) is 0 Å². The molecule has 0 spiro atoms. The first-order valence-electron chi connectivity index (χ1n) is 11.1. The highest BCUT2D eigenvalue weighted by atomic mass is 16.2. The predicted octanol–water partition coefficient (Wildman–Crippen LogP) is 5.48. The van der Waals surface area contributed by atoms with Crippen molar-refractivity contribution in [2.24, 2.45) is 7.05 Å². The van der Waals surface area contributed by atoms with Crippen LogP contribution in [0.2, 0.25) is 0 Å². The number of hydrogen-bond donors (Lipinski definition) is 1. The molecule has 0 radical (unpaired) electrons. The number of amides is 2. The minimum absolute atomic E-state index is 0.102. The lowest BCUT2D eigenvalue weighted by Crippen LogP contribution is -2.41. The molecule has 1 N–H and O–H groups in total. The molecule has 32 heavy (non-hydrogen) atoms. The Morgan fingerprint density at radius 2 is 1.69 bits per heavy atom. The third-order valence-corrected chi connectivity index (χ3v) is 5.84. The minimum Gasteiger partial charge on any atom is -0.314 e. The summed E-state index contributed by atoms with van der Waals surface area (Å²) in [6.45, 7) is 4.61. The van der Waals surface area contributed by atoms with E-state index in [1.54, 1.807) is 22.6 Å². The van der Waals surface area contributed by atoms with Gasteiger partial charge in [0.15, 0.2) is 0 Å². The monoisotopic (exact) mass is 428 g/mol. The van der Waals surface area contributed by atoms with Gasteiger partial charge in [0.05, 0.1) is 22.6 Å². The van der Waals surface area contributed by atoms with E-state index in [-0.39, 0.29) is 17.6 Å². The molecule has 164 valence electrons. The summed E-state index contributed by atoms with van der Waals surface area (Å²) >= 11 is 0. The number of para-hydroxylation sites is 1. The molecule has 0 bridgehead atoms. The molecule has 0 aliphatic heterocycles. The molecule has 1 aromatic heterocycles. The molecule has 0 aliphatic carbocycles. The summed E-state index contributed by atoms with van der Waals surface area (Å²) in [6, 6.07) is 20.7. The Balaban J connectivity index is 1.73. The van der Waals surface area contributed by atoms with Crippen LogP contribution in [0.3, 0.4) is 0 Å². The zero-order chi connectivity index (χ0) is 22.7. The first kappa shape index (κ1) is 21.6. The molecule has 4 rings (SSSR count). The minimum atomic E-state index is -0.327. The van der Waals surface area contributed by atoms with Crippen LogP contribution in [0.1, 0.15) is 38.6 Å². The maximum atomic E-state index is 13.5. The fourth-order valence-electron chi connectivity index (χ4n) is 4.24. The van der Waals surface area contributed by atoms with Crippen LogP contribution in [0.25, 0.3) is 21.7 Å². The Morgan fingerprint density at radius 1 is 1.00 bits per heavy atom. The van der Waals surface area contributed by atoms with Crippen LogP contribution in [-0.4, -0.2) is 27.0 Å². The summed E-state index contributed by atoms with van der Waals surface area (Å²) in [5, 5.41) is 5.73. The van der Waals surface area contributed by atoms with E-state index in [4.69, 9.17) is 4.98 Å². The zero-order valence-corrected chi connectivity index (χ0v) is 18.7. The maximum absolute atomic E-state index is 13.5. The molecule has 4 aromatic rings. The van der Waals surface area contributed by atoms with Crippen LogP contribution >= 0.6 is 0 Å². The van der Waals surface area contributed by atoms with E-state index in [0.29, 0.717) is 29.7 Å². The molecule has 0 saturated carbocycles. The summed E-state index contributed by atoms with van der Waals surface area (Å²) in [7, 11) is 1.73. The number of anilines is 1. The Hall–Kier alpha value is -3.67. The normalized spacial score (nSPS) is 12.1. The van der Waals surface area contributed by atoms with Crippen molar-refractivity contribution in [2.75, 3.05) is 11.9 Å². The molecule has 2 amide bonds. The van der Waals surface area contributed by atoms with Gasteiger partial charge in [0.1, 0.15) is 5.82 Å². The number of benzene rings is 3. The first-order valence-corrected chi connectivity index (χ1v) is 11.1. The Kier molecular flexibility index (Phi) is 6.21. The second-order valence-corrected chi connectivity index (χ2v) is 7.93. The molecule has 6 heteroatoms. The predicted molar refractivity (Wildman–Crippen MR) is 130 cm³/mol. The molecule has 0 fully saturated rings. The smallest absolute Gasteiger partial charge is 0.314 e. The Bertz CT molecular complexity index is 1320. The fourth-order valence-corrected chi connectivity index (χ4v) is 4.24. The van der Waals surface area contributed by atoms with Crippen LogP contribution in [0.5, 0.6) is 0 Å². The first-order chi connectivity index (χ1) is 15.5. The highest BCUT2D eigenvalue weighted by molar-refractivity contribution is 6.01. The summed E-state index contributed by atoms with van der Waals surface area (Å²) in [6.07, 6.45) is 1.43. The summed E-state index contributed by atoms with van der Waals surface area (Å²) in [5.41, 5.74) is 1.31. The number of fused-ring (bicyclic) bond motifs is 2. The summed E-state index contributed by atoms with van der Waals surface area (Å²) in [4.78, 5) is 33.0. The van der Waals surface area contributed by atoms with Gasteiger partial charge in [0, 0.05) is 19.0 Å². The van der Waals surface area contributed by atoms with Gasteiger partial charge in [-0.3, -0.25) is 9.36 Å². The van der Waals surface area contributed by atoms with E-state index < -0.39 is 0 Å². The molecule has 1 unspecified atom stereocenters. The van der Waals surface area contributed by atoms with E-state index in [9.17, 15) is 9.59 Å².